The first kappa shape index (κ1) is 28.8. The maximum Gasteiger partial charge on any atom is 0.301 e. The molecule has 0 saturated carbocycles. The van der Waals surface area contributed by atoms with E-state index >= 15 is 4.39 Å². The SMILES string of the molecule is COC(Cc1ccc(-c2ccc3[nH]cc(C(=O)c4c(F)ccc(NS(=O)(=O)N5CC[C@@H](F)C5)c4F)c3c2)cc1)OC. The third-order valence-electron chi connectivity index (χ3n) is 7.13. The molecular formula is C29H28F3N3O5S. The van der Waals surface area contributed by atoms with Crippen LogP contribution in [0.5, 0.6) is 0 Å². The number of benzene rings is 3. The fourth-order valence-corrected chi connectivity index (χ4v) is 6.13. The number of H-pyrrole nitrogens is 1. The maximum absolute atomic E-state index is 15.5. The second-order valence-electron chi connectivity index (χ2n) is 9.73. The van der Waals surface area contributed by atoms with E-state index in [9.17, 15) is 22.0 Å². The first-order valence-corrected chi connectivity index (χ1v) is 14.3. The van der Waals surface area contributed by atoms with E-state index in [1.807, 2.05) is 35.1 Å². The Bertz CT molecular complexity index is 1690. The molecule has 1 saturated heterocycles. The first-order valence-electron chi connectivity index (χ1n) is 12.8. The van der Waals surface area contributed by atoms with E-state index in [1.165, 1.54) is 6.20 Å². The Balaban J connectivity index is 1.45. The fourth-order valence-electron chi connectivity index (χ4n) is 4.86. The molecule has 12 heteroatoms. The number of rotatable bonds is 10. The van der Waals surface area contributed by atoms with E-state index in [-0.39, 0.29) is 31.4 Å². The van der Waals surface area contributed by atoms with Crippen molar-refractivity contribution >= 4 is 32.6 Å². The number of methoxy groups -OCH3 is 2. The number of nitrogens with one attached hydrogen (secondary N) is 2. The fraction of sp³-hybridized carbons (Fsp3) is 0.276. The Labute approximate surface area is 235 Å². The van der Waals surface area contributed by atoms with Crippen molar-refractivity contribution in [3.63, 3.8) is 0 Å². The molecule has 4 aromatic rings. The van der Waals surface area contributed by atoms with Crippen LogP contribution >= 0.6 is 0 Å². The number of carbonyl (C=O) groups is 1. The molecule has 1 aliphatic heterocycles. The van der Waals surface area contributed by atoms with Crippen LogP contribution < -0.4 is 4.72 Å². The molecule has 5 rings (SSSR count). The number of alkyl halides is 1. The highest BCUT2D eigenvalue weighted by Crippen LogP contribution is 2.31. The molecule has 1 aliphatic rings. The van der Waals surface area contributed by atoms with Gasteiger partial charge in [-0.15, -0.1) is 0 Å². The van der Waals surface area contributed by atoms with E-state index in [4.69, 9.17) is 9.47 Å². The first-order chi connectivity index (χ1) is 19.6. The van der Waals surface area contributed by atoms with Crippen LogP contribution in [0.1, 0.15) is 27.9 Å². The summed E-state index contributed by atoms with van der Waals surface area (Å²) in [6.07, 6.45) is 0.235. The standard InChI is InChI=1S/C29H28F3N3O5S/c1-39-26(40-2)13-17-3-5-18(6-4-17)19-7-9-24-21(14-19)22(15-33-24)29(36)27-23(31)8-10-25(28(27)32)34-41(37,38)35-12-11-20(30)16-35/h3-10,14-15,20,26,33-34H,11-13,16H2,1-2H3/t20-/m1/s1. The number of ether oxygens (including phenoxy) is 2. The molecule has 0 spiro atoms. The number of nitrogens with zero attached hydrogens (tertiary/aromatic N) is 1. The number of anilines is 1. The van der Waals surface area contributed by atoms with Crippen molar-refractivity contribution in [1.82, 2.24) is 9.29 Å². The van der Waals surface area contributed by atoms with Crippen LogP contribution in [-0.4, -0.2) is 63.3 Å². The van der Waals surface area contributed by atoms with Crippen molar-refractivity contribution in [2.45, 2.75) is 25.3 Å². The van der Waals surface area contributed by atoms with Gasteiger partial charge in [-0.1, -0.05) is 30.3 Å². The summed E-state index contributed by atoms with van der Waals surface area (Å²) in [6.45, 7) is -0.447. The third kappa shape index (κ3) is 5.87. The lowest BCUT2D eigenvalue weighted by molar-refractivity contribution is -0.100. The van der Waals surface area contributed by atoms with Crippen molar-refractivity contribution in [3.8, 4) is 11.1 Å². The van der Waals surface area contributed by atoms with Crippen molar-refractivity contribution in [2.24, 2.45) is 0 Å². The van der Waals surface area contributed by atoms with Gasteiger partial charge in [0.15, 0.2) is 12.1 Å². The van der Waals surface area contributed by atoms with E-state index in [0.29, 0.717) is 17.3 Å². The lowest BCUT2D eigenvalue weighted by atomic mass is 9.97. The van der Waals surface area contributed by atoms with Crippen molar-refractivity contribution < 1.29 is 35.9 Å². The Morgan fingerprint density at radius 2 is 1.78 bits per heavy atom. The molecule has 0 aliphatic carbocycles. The van der Waals surface area contributed by atoms with Gasteiger partial charge in [0.1, 0.15) is 12.0 Å². The summed E-state index contributed by atoms with van der Waals surface area (Å²) < 4.78 is 82.5. The summed E-state index contributed by atoms with van der Waals surface area (Å²) in [7, 11) is -1.18. The molecule has 2 N–H and O–H groups in total. The monoisotopic (exact) mass is 587 g/mol. The number of aromatic nitrogens is 1. The van der Waals surface area contributed by atoms with Crippen LogP contribution in [0, 0.1) is 11.6 Å². The summed E-state index contributed by atoms with van der Waals surface area (Å²) in [5, 5.41) is 0.436. The van der Waals surface area contributed by atoms with E-state index in [2.05, 4.69) is 4.98 Å². The second-order valence-corrected chi connectivity index (χ2v) is 11.4. The third-order valence-corrected chi connectivity index (χ3v) is 8.62. The zero-order valence-electron chi connectivity index (χ0n) is 22.3. The normalized spacial score (nSPS) is 16.1. The quantitative estimate of drug-likeness (QED) is 0.196. The van der Waals surface area contributed by atoms with Crippen molar-refractivity contribution in [1.29, 1.82) is 0 Å². The van der Waals surface area contributed by atoms with E-state index in [0.717, 1.165) is 33.1 Å². The van der Waals surface area contributed by atoms with Gasteiger partial charge >= 0.3 is 10.2 Å². The van der Waals surface area contributed by atoms with E-state index in [1.54, 1.807) is 26.4 Å². The average molecular weight is 588 g/mol. The smallest absolute Gasteiger partial charge is 0.301 e. The number of fused-ring (bicyclic) bond motifs is 1. The van der Waals surface area contributed by atoms with Gasteiger partial charge in [-0.3, -0.25) is 9.52 Å². The Morgan fingerprint density at radius 3 is 2.44 bits per heavy atom. The second kappa shape index (κ2) is 11.6. The number of ketones is 1. The summed E-state index contributed by atoms with van der Waals surface area (Å²) in [4.78, 5) is 16.4. The van der Waals surface area contributed by atoms with Crippen molar-refractivity contribution in [3.05, 3.63) is 89.1 Å². The van der Waals surface area contributed by atoms with Crippen LogP contribution in [0.2, 0.25) is 0 Å². The highest BCUT2D eigenvalue weighted by molar-refractivity contribution is 7.90. The van der Waals surface area contributed by atoms with E-state index < -0.39 is 45.0 Å². The summed E-state index contributed by atoms with van der Waals surface area (Å²) in [6, 6.07) is 14.7. The predicted octanol–water partition coefficient (Wildman–Crippen LogP) is 5.21. The average Bonchev–Trinajstić information content (AvgIpc) is 3.60. The minimum absolute atomic E-state index is 0.0131. The van der Waals surface area contributed by atoms with Crippen molar-refractivity contribution in [2.75, 3.05) is 32.0 Å². The molecule has 216 valence electrons. The predicted molar refractivity (Wildman–Crippen MR) is 149 cm³/mol. The van der Waals surface area contributed by atoms with Crippen LogP contribution in [0.25, 0.3) is 22.0 Å². The number of hydrogen-bond donors (Lipinski definition) is 2. The zero-order valence-corrected chi connectivity index (χ0v) is 23.1. The summed E-state index contributed by atoms with van der Waals surface area (Å²) >= 11 is 0. The molecule has 1 fully saturated rings. The molecular weight excluding hydrogens is 559 g/mol. The molecule has 3 aromatic carbocycles. The van der Waals surface area contributed by atoms with Crippen LogP contribution in [-0.2, 0) is 26.1 Å². The number of halogens is 3. The molecule has 0 radical (unpaired) electrons. The lowest BCUT2D eigenvalue weighted by Gasteiger charge is -2.18. The topological polar surface area (TPSA) is 101 Å². The van der Waals surface area contributed by atoms with Crippen LogP contribution in [0.4, 0.5) is 18.9 Å². The van der Waals surface area contributed by atoms with Gasteiger partial charge in [0.25, 0.3) is 0 Å². The molecule has 0 unspecified atom stereocenters. The number of carbonyl (C=O) groups excluding carboxylic acids is 1. The highest BCUT2D eigenvalue weighted by Gasteiger charge is 2.33. The van der Waals surface area contributed by atoms with Gasteiger partial charge < -0.3 is 14.5 Å². The maximum atomic E-state index is 15.5. The summed E-state index contributed by atoms with van der Waals surface area (Å²) in [5.74, 6) is -3.47. The highest BCUT2D eigenvalue weighted by atomic mass is 32.2. The van der Waals surface area contributed by atoms with Crippen LogP contribution in [0.3, 0.4) is 0 Å². The Kier molecular flexibility index (Phi) is 8.18. The minimum atomic E-state index is -4.31. The van der Waals surface area contributed by atoms with Gasteiger partial charge in [0.2, 0.25) is 5.78 Å². The van der Waals surface area contributed by atoms with Gasteiger partial charge in [-0.05, 0) is 47.4 Å². The minimum Gasteiger partial charge on any atom is -0.360 e. The molecule has 1 aromatic heterocycles. The number of aromatic amines is 1. The van der Waals surface area contributed by atoms with Crippen LogP contribution in [0.15, 0.2) is 60.8 Å². The number of hydrogen-bond acceptors (Lipinski definition) is 5. The lowest BCUT2D eigenvalue weighted by Crippen LogP contribution is -2.34. The van der Waals surface area contributed by atoms with Gasteiger partial charge in [-0.25, -0.2) is 13.2 Å². The molecule has 1 atom stereocenters. The molecule has 41 heavy (non-hydrogen) atoms. The largest absolute Gasteiger partial charge is 0.360 e. The zero-order chi connectivity index (χ0) is 29.3. The molecule has 8 nitrogen and oxygen atoms in total. The van der Waals surface area contributed by atoms with Gasteiger partial charge in [0, 0.05) is 56.4 Å². The van der Waals surface area contributed by atoms with Gasteiger partial charge in [-0.2, -0.15) is 12.7 Å². The Morgan fingerprint density at radius 1 is 1.07 bits per heavy atom. The molecule has 0 bridgehead atoms. The molecule has 2 heterocycles. The molecule has 0 amide bonds. The summed E-state index contributed by atoms with van der Waals surface area (Å²) in [5.41, 5.74) is 1.69. The van der Waals surface area contributed by atoms with Gasteiger partial charge in [0.05, 0.1) is 11.3 Å². The Hall–Kier alpha value is -3.71.